The Morgan fingerprint density at radius 3 is 2.80 bits per heavy atom. The molecule has 0 atom stereocenters. The predicted octanol–water partition coefficient (Wildman–Crippen LogP) is 4.00. The van der Waals surface area contributed by atoms with Crippen molar-refractivity contribution in [3.63, 3.8) is 0 Å². The van der Waals surface area contributed by atoms with E-state index in [0.717, 1.165) is 6.42 Å². The van der Waals surface area contributed by atoms with E-state index >= 15 is 0 Å². The molecule has 0 nitrogen and oxygen atoms in total. The highest BCUT2D eigenvalue weighted by atomic mass is 14.4. The Bertz CT molecular complexity index is 499. The second kappa shape index (κ2) is 2.63. The van der Waals surface area contributed by atoms with Gasteiger partial charge in [-0.2, -0.15) is 0 Å². The van der Waals surface area contributed by atoms with Crippen molar-refractivity contribution >= 4 is 5.57 Å². The number of hydrogen-bond acceptors (Lipinski definition) is 0. The van der Waals surface area contributed by atoms with E-state index < -0.39 is 0 Å². The second-order valence-corrected chi connectivity index (χ2v) is 5.17. The highest BCUT2D eigenvalue weighted by molar-refractivity contribution is 5.85. The third-order valence-corrected chi connectivity index (χ3v) is 3.78. The van der Waals surface area contributed by atoms with Crippen LogP contribution in [0.5, 0.6) is 0 Å². The summed E-state index contributed by atoms with van der Waals surface area (Å²) in [6.45, 7) is 6.85. The summed E-state index contributed by atoms with van der Waals surface area (Å²) in [5, 5.41) is 0. The van der Waals surface area contributed by atoms with Crippen LogP contribution in [0.1, 0.15) is 37.0 Å². The van der Waals surface area contributed by atoms with Gasteiger partial charge in [0, 0.05) is 5.41 Å². The average molecular weight is 196 g/mol. The zero-order chi connectivity index (χ0) is 10.6. The van der Waals surface area contributed by atoms with E-state index in [1.165, 1.54) is 22.3 Å². The smallest absolute Gasteiger partial charge is 0.0155 e. The summed E-state index contributed by atoms with van der Waals surface area (Å²) in [5.41, 5.74) is 7.65. The van der Waals surface area contributed by atoms with Crippen molar-refractivity contribution in [2.45, 2.75) is 32.6 Å². The van der Waals surface area contributed by atoms with Crippen LogP contribution in [0.3, 0.4) is 0 Å². The number of aryl methyl sites for hydroxylation is 1. The van der Waals surface area contributed by atoms with Crippen molar-refractivity contribution in [1.29, 1.82) is 0 Å². The molecule has 0 heterocycles. The molecule has 0 spiro atoms. The topological polar surface area (TPSA) is 0 Å². The van der Waals surface area contributed by atoms with Gasteiger partial charge in [-0.3, -0.25) is 0 Å². The van der Waals surface area contributed by atoms with Crippen LogP contribution in [0.2, 0.25) is 0 Å². The van der Waals surface area contributed by atoms with Crippen LogP contribution in [0.15, 0.2) is 35.9 Å². The van der Waals surface area contributed by atoms with E-state index in [2.05, 4.69) is 51.1 Å². The molecule has 0 N–H and O–H groups in total. The first-order valence-electron chi connectivity index (χ1n) is 5.62. The summed E-state index contributed by atoms with van der Waals surface area (Å²) in [6, 6.07) is 6.87. The highest BCUT2D eigenvalue weighted by Crippen LogP contribution is 2.50. The Morgan fingerprint density at radius 2 is 2.00 bits per heavy atom. The number of rotatable bonds is 0. The van der Waals surface area contributed by atoms with Crippen LogP contribution in [0, 0.1) is 6.92 Å². The molecule has 0 fully saturated rings. The molecule has 0 aromatic heterocycles. The molecule has 0 saturated carbocycles. The van der Waals surface area contributed by atoms with Gasteiger partial charge in [-0.1, -0.05) is 49.8 Å². The fourth-order valence-electron chi connectivity index (χ4n) is 2.93. The molecule has 3 rings (SSSR count). The molecule has 0 bridgehead atoms. The van der Waals surface area contributed by atoms with Gasteiger partial charge in [-0.25, -0.2) is 0 Å². The highest BCUT2D eigenvalue weighted by Gasteiger charge is 2.37. The summed E-state index contributed by atoms with van der Waals surface area (Å²) in [5.74, 6) is 0. The van der Waals surface area contributed by atoms with Gasteiger partial charge in [0.05, 0.1) is 0 Å². The monoisotopic (exact) mass is 196 g/mol. The molecular formula is C15H16. The Kier molecular flexibility index (Phi) is 1.57. The first-order valence-corrected chi connectivity index (χ1v) is 5.62. The van der Waals surface area contributed by atoms with Crippen molar-refractivity contribution < 1.29 is 0 Å². The Balaban J connectivity index is 2.30. The first kappa shape index (κ1) is 8.96. The van der Waals surface area contributed by atoms with Gasteiger partial charge in [0.15, 0.2) is 0 Å². The van der Waals surface area contributed by atoms with Crippen LogP contribution in [-0.2, 0) is 5.41 Å². The van der Waals surface area contributed by atoms with E-state index in [9.17, 15) is 0 Å². The van der Waals surface area contributed by atoms with Crippen molar-refractivity contribution in [1.82, 2.24) is 0 Å². The molecule has 15 heavy (non-hydrogen) atoms. The molecule has 0 radical (unpaired) electrons. The van der Waals surface area contributed by atoms with E-state index in [-0.39, 0.29) is 5.41 Å². The lowest BCUT2D eigenvalue weighted by Crippen LogP contribution is -2.15. The third kappa shape index (κ3) is 1.02. The molecule has 2 aliphatic carbocycles. The van der Waals surface area contributed by atoms with E-state index in [0.29, 0.717) is 0 Å². The number of fused-ring (bicyclic) bond motifs is 2. The molecule has 2 aliphatic rings. The quantitative estimate of drug-likeness (QED) is 0.588. The molecule has 0 aliphatic heterocycles. The van der Waals surface area contributed by atoms with Crippen molar-refractivity contribution in [2.24, 2.45) is 0 Å². The van der Waals surface area contributed by atoms with Gasteiger partial charge in [0.25, 0.3) is 0 Å². The van der Waals surface area contributed by atoms with E-state index in [4.69, 9.17) is 0 Å². The summed E-state index contributed by atoms with van der Waals surface area (Å²) >= 11 is 0. The van der Waals surface area contributed by atoms with E-state index in [1.807, 2.05) is 0 Å². The molecule has 1 aromatic carbocycles. The molecule has 0 amide bonds. The number of benzene rings is 1. The predicted molar refractivity (Wildman–Crippen MR) is 64.9 cm³/mol. The molecule has 0 heteroatoms. The van der Waals surface area contributed by atoms with Gasteiger partial charge < -0.3 is 0 Å². The third-order valence-electron chi connectivity index (χ3n) is 3.78. The Morgan fingerprint density at radius 1 is 1.20 bits per heavy atom. The van der Waals surface area contributed by atoms with Crippen LogP contribution in [0.25, 0.3) is 5.57 Å². The van der Waals surface area contributed by atoms with Crippen molar-refractivity contribution in [2.75, 3.05) is 0 Å². The summed E-state index contributed by atoms with van der Waals surface area (Å²) in [6.07, 6.45) is 5.72. The van der Waals surface area contributed by atoms with Gasteiger partial charge in [0.2, 0.25) is 0 Å². The van der Waals surface area contributed by atoms with Crippen LogP contribution in [-0.4, -0.2) is 0 Å². The van der Waals surface area contributed by atoms with Crippen molar-refractivity contribution in [3.8, 4) is 0 Å². The minimum Gasteiger partial charge on any atom is -0.0798 e. The van der Waals surface area contributed by atoms with Gasteiger partial charge in [-0.15, -0.1) is 0 Å². The largest absolute Gasteiger partial charge is 0.0798 e. The number of hydrogen-bond donors (Lipinski definition) is 0. The molecule has 0 unspecified atom stereocenters. The molecule has 1 aromatic rings. The zero-order valence-electron chi connectivity index (χ0n) is 9.59. The Hall–Kier alpha value is -1.30. The fraction of sp³-hybridized carbons (Fsp3) is 0.333. The summed E-state index contributed by atoms with van der Waals surface area (Å²) in [4.78, 5) is 0. The maximum absolute atomic E-state index is 2.35. The first-order chi connectivity index (χ1) is 7.10. The maximum Gasteiger partial charge on any atom is 0.0155 e. The summed E-state index contributed by atoms with van der Waals surface area (Å²) in [7, 11) is 0. The van der Waals surface area contributed by atoms with Gasteiger partial charge >= 0.3 is 0 Å². The second-order valence-electron chi connectivity index (χ2n) is 5.17. The zero-order valence-corrected chi connectivity index (χ0v) is 9.59. The minimum absolute atomic E-state index is 0.212. The van der Waals surface area contributed by atoms with E-state index in [1.54, 1.807) is 5.57 Å². The molecule has 76 valence electrons. The molecular weight excluding hydrogens is 180 g/mol. The van der Waals surface area contributed by atoms with Crippen LogP contribution < -0.4 is 0 Å². The average Bonchev–Trinajstić information content (AvgIpc) is 2.72. The van der Waals surface area contributed by atoms with Crippen molar-refractivity contribution in [3.05, 3.63) is 52.6 Å². The van der Waals surface area contributed by atoms with Crippen LogP contribution >= 0.6 is 0 Å². The normalized spacial score (nSPS) is 20.7. The minimum atomic E-state index is 0.212. The Labute approximate surface area is 91.3 Å². The lowest BCUT2D eigenvalue weighted by atomic mass is 9.81. The lowest BCUT2D eigenvalue weighted by Gasteiger charge is -2.22. The lowest BCUT2D eigenvalue weighted by molar-refractivity contribution is 0.654. The standard InChI is InChI=1S/C15H16/c1-10-7-8-12-11-5-4-6-13(11)15(2,3)14(12)9-10/h4,6-9H,5H2,1-3H3. The summed E-state index contributed by atoms with van der Waals surface area (Å²) < 4.78 is 0. The SMILES string of the molecule is Cc1ccc2c(c1)C(C)(C)C1=C2CC=C1. The molecule has 0 saturated heterocycles. The number of allylic oxidation sites excluding steroid dienone is 4. The maximum atomic E-state index is 2.35. The van der Waals surface area contributed by atoms with Gasteiger partial charge in [-0.05, 0) is 35.6 Å². The van der Waals surface area contributed by atoms with Gasteiger partial charge in [0.1, 0.15) is 0 Å². The van der Waals surface area contributed by atoms with Crippen LogP contribution in [0.4, 0.5) is 0 Å². The fourth-order valence-corrected chi connectivity index (χ4v) is 2.93.